The number of nitrogens with two attached hydrogens (primary N) is 1. The first kappa shape index (κ1) is 18.3. The second-order valence-corrected chi connectivity index (χ2v) is 6.45. The number of halogens is 1. The Morgan fingerprint density at radius 1 is 1.14 bits per heavy atom. The summed E-state index contributed by atoms with van der Waals surface area (Å²) in [6, 6.07) is 3.70. The van der Waals surface area contributed by atoms with Crippen molar-refractivity contribution in [2.75, 3.05) is 12.8 Å². The van der Waals surface area contributed by atoms with Crippen LogP contribution in [0.15, 0.2) is 16.6 Å². The van der Waals surface area contributed by atoms with Gasteiger partial charge in [0.25, 0.3) is 0 Å². The summed E-state index contributed by atoms with van der Waals surface area (Å²) < 4.78 is 6.11. The summed E-state index contributed by atoms with van der Waals surface area (Å²) in [7, 11) is 1.59. The smallest absolute Gasteiger partial charge is 0.143 e. The van der Waals surface area contributed by atoms with Gasteiger partial charge in [0.1, 0.15) is 5.75 Å². The molecule has 0 aliphatic rings. The molecule has 0 saturated heterocycles. The quantitative estimate of drug-likeness (QED) is 0.446. The first-order chi connectivity index (χ1) is 10.1. The van der Waals surface area contributed by atoms with Crippen LogP contribution in [-0.4, -0.2) is 12.2 Å². The lowest BCUT2D eigenvalue weighted by atomic mass is 10.00. The molecular formula is C17H28BrNO2. The number of benzene rings is 1. The van der Waals surface area contributed by atoms with Crippen molar-refractivity contribution in [1.29, 1.82) is 0 Å². The SMILES string of the molecule is CCCCCCCCCC(O)c1cc(Br)cc(OC)c1N. The lowest BCUT2D eigenvalue weighted by molar-refractivity contribution is 0.163. The van der Waals surface area contributed by atoms with Gasteiger partial charge in [0.15, 0.2) is 0 Å². The van der Waals surface area contributed by atoms with Crippen LogP contribution in [0.4, 0.5) is 5.69 Å². The van der Waals surface area contributed by atoms with E-state index in [0.717, 1.165) is 22.9 Å². The van der Waals surface area contributed by atoms with E-state index in [1.807, 2.05) is 12.1 Å². The summed E-state index contributed by atoms with van der Waals surface area (Å²) in [4.78, 5) is 0. The van der Waals surface area contributed by atoms with Crippen LogP contribution in [0, 0.1) is 0 Å². The molecule has 0 spiro atoms. The zero-order chi connectivity index (χ0) is 15.7. The molecule has 1 atom stereocenters. The first-order valence-corrected chi connectivity index (χ1v) is 8.70. The fraction of sp³-hybridized carbons (Fsp3) is 0.647. The van der Waals surface area contributed by atoms with Crippen LogP contribution >= 0.6 is 15.9 Å². The summed E-state index contributed by atoms with van der Waals surface area (Å²) in [6.07, 6.45) is 8.92. The van der Waals surface area contributed by atoms with Crippen LogP contribution in [-0.2, 0) is 0 Å². The minimum atomic E-state index is -0.521. The Kier molecular flexibility index (Phi) is 8.77. The highest BCUT2D eigenvalue weighted by Gasteiger charge is 2.15. The average molecular weight is 358 g/mol. The Balaban J connectivity index is 2.42. The van der Waals surface area contributed by atoms with E-state index in [4.69, 9.17) is 10.5 Å². The maximum absolute atomic E-state index is 10.3. The molecule has 1 aromatic rings. The van der Waals surface area contributed by atoms with Gasteiger partial charge in [-0.3, -0.25) is 0 Å². The molecule has 0 fully saturated rings. The predicted octanol–water partition coefficient (Wildman–Crippen LogP) is 5.21. The van der Waals surface area contributed by atoms with Crippen molar-refractivity contribution in [3.05, 3.63) is 22.2 Å². The van der Waals surface area contributed by atoms with E-state index < -0.39 is 6.10 Å². The third-order valence-corrected chi connectivity index (χ3v) is 4.26. The molecule has 0 saturated carbocycles. The molecule has 0 aliphatic carbocycles. The molecular weight excluding hydrogens is 330 g/mol. The van der Waals surface area contributed by atoms with Crippen LogP contribution in [0.1, 0.15) is 70.0 Å². The van der Waals surface area contributed by atoms with Gasteiger partial charge in [-0.25, -0.2) is 0 Å². The van der Waals surface area contributed by atoms with Gasteiger partial charge in [0, 0.05) is 10.0 Å². The highest BCUT2D eigenvalue weighted by atomic mass is 79.9. The average Bonchev–Trinajstić information content (AvgIpc) is 2.48. The number of methoxy groups -OCH3 is 1. The van der Waals surface area contributed by atoms with E-state index in [2.05, 4.69) is 22.9 Å². The van der Waals surface area contributed by atoms with Crippen molar-refractivity contribution >= 4 is 21.6 Å². The van der Waals surface area contributed by atoms with Crippen molar-refractivity contribution < 1.29 is 9.84 Å². The minimum Gasteiger partial charge on any atom is -0.495 e. The lowest BCUT2D eigenvalue weighted by Crippen LogP contribution is -2.04. The molecule has 3 N–H and O–H groups in total. The van der Waals surface area contributed by atoms with Crippen LogP contribution < -0.4 is 10.5 Å². The zero-order valence-corrected chi connectivity index (χ0v) is 14.8. The monoisotopic (exact) mass is 357 g/mol. The van der Waals surface area contributed by atoms with Gasteiger partial charge in [-0.15, -0.1) is 0 Å². The van der Waals surface area contributed by atoms with E-state index in [1.54, 1.807) is 7.11 Å². The van der Waals surface area contributed by atoms with Gasteiger partial charge in [-0.05, 0) is 18.6 Å². The molecule has 1 aromatic carbocycles. The molecule has 0 aliphatic heterocycles. The summed E-state index contributed by atoms with van der Waals surface area (Å²) in [5, 5.41) is 10.3. The van der Waals surface area contributed by atoms with Crippen LogP contribution in [0.5, 0.6) is 5.75 Å². The summed E-state index contributed by atoms with van der Waals surface area (Å²) in [6.45, 7) is 2.23. The van der Waals surface area contributed by atoms with Crippen molar-refractivity contribution in [2.24, 2.45) is 0 Å². The first-order valence-electron chi connectivity index (χ1n) is 7.91. The third kappa shape index (κ3) is 6.27. The Morgan fingerprint density at radius 2 is 1.76 bits per heavy atom. The van der Waals surface area contributed by atoms with E-state index in [1.165, 1.54) is 38.5 Å². The summed E-state index contributed by atoms with van der Waals surface area (Å²) in [5.74, 6) is 0.609. The lowest BCUT2D eigenvalue weighted by Gasteiger charge is -2.16. The van der Waals surface area contributed by atoms with Crippen LogP contribution in [0.25, 0.3) is 0 Å². The van der Waals surface area contributed by atoms with Gasteiger partial charge in [-0.2, -0.15) is 0 Å². The molecule has 120 valence electrons. The number of hydrogen-bond acceptors (Lipinski definition) is 3. The number of unbranched alkanes of at least 4 members (excludes halogenated alkanes) is 6. The Hall–Kier alpha value is -0.740. The van der Waals surface area contributed by atoms with Gasteiger partial charge >= 0.3 is 0 Å². The van der Waals surface area contributed by atoms with Crippen LogP contribution in [0.2, 0.25) is 0 Å². The Labute approximate surface area is 137 Å². The van der Waals surface area contributed by atoms with E-state index in [-0.39, 0.29) is 0 Å². The Morgan fingerprint density at radius 3 is 2.38 bits per heavy atom. The third-order valence-electron chi connectivity index (χ3n) is 3.80. The van der Waals surface area contributed by atoms with Crippen molar-refractivity contribution in [3.8, 4) is 5.75 Å². The second-order valence-electron chi connectivity index (χ2n) is 5.54. The molecule has 21 heavy (non-hydrogen) atoms. The predicted molar refractivity (Wildman–Crippen MR) is 92.7 cm³/mol. The number of aliphatic hydroxyl groups excluding tert-OH is 1. The topological polar surface area (TPSA) is 55.5 Å². The van der Waals surface area contributed by atoms with Gasteiger partial charge in [0.05, 0.1) is 18.9 Å². The number of hydrogen-bond donors (Lipinski definition) is 2. The van der Waals surface area contributed by atoms with E-state index in [0.29, 0.717) is 11.4 Å². The highest BCUT2D eigenvalue weighted by Crippen LogP contribution is 2.35. The van der Waals surface area contributed by atoms with Crippen molar-refractivity contribution in [1.82, 2.24) is 0 Å². The van der Waals surface area contributed by atoms with Crippen LogP contribution in [0.3, 0.4) is 0 Å². The molecule has 1 rings (SSSR count). The molecule has 0 radical (unpaired) electrons. The summed E-state index contributed by atoms with van der Waals surface area (Å²) in [5.41, 5.74) is 7.34. The Bertz CT molecular complexity index is 423. The molecule has 3 nitrogen and oxygen atoms in total. The molecule has 4 heteroatoms. The fourth-order valence-electron chi connectivity index (χ4n) is 2.51. The van der Waals surface area contributed by atoms with E-state index >= 15 is 0 Å². The minimum absolute atomic E-state index is 0.521. The van der Waals surface area contributed by atoms with Gasteiger partial charge < -0.3 is 15.6 Å². The highest BCUT2D eigenvalue weighted by molar-refractivity contribution is 9.10. The maximum atomic E-state index is 10.3. The second kappa shape index (κ2) is 10.1. The van der Waals surface area contributed by atoms with Gasteiger partial charge in [0.2, 0.25) is 0 Å². The maximum Gasteiger partial charge on any atom is 0.143 e. The number of rotatable bonds is 10. The largest absolute Gasteiger partial charge is 0.495 e. The van der Waals surface area contributed by atoms with E-state index in [9.17, 15) is 5.11 Å². The number of ether oxygens (including phenoxy) is 1. The summed E-state index contributed by atoms with van der Waals surface area (Å²) >= 11 is 3.43. The molecule has 0 heterocycles. The molecule has 0 bridgehead atoms. The molecule has 0 aromatic heterocycles. The van der Waals surface area contributed by atoms with Crippen molar-refractivity contribution in [2.45, 2.75) is 64.4 Å². The number of nitrogen functional groups attached to an aromatic ring is 1. The number of anilines is 1. The standard InChI is InChI=1S/C17H28BrNO2/c1-3-4-5-6-7-8-9-10-15(20)14-11-13(18)12-16(21-2)17(14)19/h11-12,15,20H,3-10,19H2,1-2H3. The molecule has 0 amide bonds. The zero-order valence-electron chi connectivity index (χ0n) is 13.2. The fourth-order valence-corrected chi connectivity index (χ4v) is 2.96. The molecule has 1 unspecified atom stereocenters. The van der Waals surface area contributed by atoms with Gasteiger partial charge in [-0.1, -0.05) is 67.8 Å². The normalized spacial score (nSPS) is 12.4. The van der Waals surface area contributed by atoms with Crippen molar-refractivity contribution in [3.63, 3.8) is 0 Å². The number of aliphatic hydroxyl groups is 1.